The molecule has 0 N–H and O–H groups in total. The SMILES string of the molecule is COc1cc(-c2ccc3c(c2)COc2nc(N(C)[C@H]4C[C@@H]5CC(F)(F)[C@H](C4)N5C(=O)OC(C)(C)C)ccc2-3)cnn1. The zero-order valence-corrected chi connectivity index (χ0v) is 23.7. The van der Waals surface area contributed by atoms with E-state index in [1.165, 1.54) is 4.90 Å². The minimum Gasteiger partial charge on any atom is -0.480 e. The Morgan fingerprint density at radius 1 is 1.12 bits per heavy atom. The molecular formula is C30H33F2N5O4. The fourth-order valence-electron chi connectivity index (χ4n) is 6.10. The lowest BCUT2D eigenvalue weighted by molar-refractivity contribution is -0.0492. The maximum atomic E-state index is 15.0. The maximum Gasteiger partial charge on any atom is 0.411 e. The molecule has 1 aromatic carbocycles. The van der Waals surface area contributed by atoms with Crippen LogP contribution >= 0.6 is 0 Å². The Labute approximate surface area is 237 Å². The summed E-state index contributed by atoms with van der Waals surface area (Å²) in [6.45, 7) is 5.56. The van der Waals surface area contributed by atoms with Crippen molar-refractivity contribution < 1.29 is 27.8 Å². The normalized spacial score (nSPS) is 22.3. The van der Waals surface area contributed by atoms with E-state index in [4.69, 9.17) is 19.2 Å². The number of amides is 1. The number of aromatic nitrogens is 3. The molecule has 41 heavy (non-hydrogen) atoms. The molecule has 2 saturated heterocycles. The van der Waals surface area contributed by atoms with Gasteiger partial charge < -0.3 is 19.1 Å². The van der Waals surface area contributed by atoms with E-state index in [0.717, 1.165) is 27.8 Å². The van der Waals surface area contributed by atoms with Crippen molar-refractivity contribution >= 4 is 11.9 Å². The van der Waals surface area contributed by atoms with Gasteiger partial charge in [-0.2, -0.15) is 10.1 Å². The zero-order valence-electron chi connectivity index (χ0n) is 23.7. The van der Waals surface area contributed by atoms with E-state index in [1.807, 2.05) is 42.3 Å². The van der Waals surface area contributed by atoms with E-state index in [1.54, 1.807) is 34.1 Å². The minimum atomic E-state index is -2.97. The summed E-state index contributed by atoms with van der Waals surface area (Å²) in [5.41, 5.74) is 4.01. The Balaban J connectivity index is 1.21. The molecule has 2 fully saturated rings. The number of nitrogens with zero attached hydrogens (tertiary/aromatic N) is 5. The van der Waals surface area contributed by atoms with E-state index in [2.05, 4.69) is 16.3 Å². The average Bonchev–Trinajstić information content (AvgIpc) is 3.10. The summed E-state index contributed by atoms with van der Waals surface area (Å²) in [5.74, 6) is -1.39. The van der Waals surface area contributed by atoms with Crippen LogP contribution in [0.3, 0.4) is 0 Å². The summed E-state index contributed by atoms with van der Waals surface area (Å²) in [5, 5.41) is 7.93. The Morgan fingerprint density at radius 3 is 2.63 bits per heavy atom. The molecule has 1 amide bonds. The summed E-state index contributed by atoms with van der Waals surface area (Å²) in [6, 6.07) is 9.76. The van der Waals surface area contributed by atoms with Crippen LogP contribution in [0.25, 0.3) is 22.3 Å². The van der Waals surface area contributed by atoms with Crippen LogP contribution < -0.4 is 14.4 Å². The topological polar surface area (TPSA) is 89.9 Å². The number of piperidine rings is 1. The number of alkyl halides is 2. The number of fused-ring (bicyclic) bond motifs is 5. The molecule has 216 valence electrons. The molecule has 2 aromatic heterocycles. The van der Waals surface area contributed by atoms with E-state index in [9.17, 15) is 4.79 Å². The monoisotopic (exact) mass is 565 g/mol. The van der Waals surface area contributed by atoms with Crippen LogP contribution in [0.2, 0.25) is 0 Å². The molecule has 0 saturated carbocycles. The first-order chi connectivity index (χ1) is 19.4. The minimum absolute atomic E-state index is 0.124. The predicted octanol–water partition coefficient (Wildman–Crippen LogP) is 5.72. The number of rotatable bonds is 4. The number of hydrogen-bond acceptors (Lipinski definition) is 8. The van der Waals surface area contributed by atoms with Gasteiger partial charge in [-0.3, -0.25) is 4.90 Å². The van der Waals surface area contributed by atoms with Crippen LogP contribution in [0.1, 0.15) is 45.6 Å². The van der Waals surface area contributed by atoms with Gasteiger partial charge in [0.15, 0.2) is 0 Å². The van der Waals surface area contributed by atoms with Crippen molar-refractivity contribution in [2.45, 2.75) is 76.3 Å². The van der Waals surface area contributed by atoms with Gasteiger partial charge in [-0.05, 0) is 68.5 Å². The average molecular weight is 566 g/mol. The number of carbonyl (C=O) groups is 1. The first-order valence-corrected chi connectivity index (χ1v) is 13.7. The molecule has 0 aliphatic carbocycles. The second-order valence-electron chi connectivity index (χ2n) is 11.9. The predicted molar refractivity (Wildman–Crippen MR) is 148 cm³/mol. The van der Waals surface area contributed by atoms with Gasteiger partial charge >= 0.3 is 6.09 Å². The molecule has 6 rings (SSSR count). The zero-order chi connectivity index (χ0) is 29.1. The van der Waals surface area contributed by atoms with Crippen LogP contribution in [0.5, 0.6) is 11.8 Å². The summed E-state index contributed by atoms with van der Waals surface area (Å²) in [7, 11) is 3.41. The number of pyridine rings is 1. The lowest BCUT2D eigenvalue weighted by atomic mass is 9.94. The van der Waals surface area contributed by atoms with Crippen molar-refractivity contribution in [3.8, 4) is 34.0 Å². The Kier molecular flexibility index (Phi) is 6.50. The van der Waals surface area contributed by atoms with Crippen molar-refractivity contribution in [1.29, 1.82) is 0 Å². The fraction of sp³-hybridized carbons (Fsp3) is 0.467. The fourth-order valence-corrected chi connectivity index (χ4v) is 6.10. The number of benzene rings is 1. The highest BCUT2D eigenvalue weighted by atomic mass is 19.3. The van der Waals surface area contributed by atoms with E-state index in [0.29, 0.717) is 30.6 Å². The van der Waals surface area contributed by atoms with Gasteiger partial charge in [0.25, 0.3) is 5.92 Å². The second kappa shape index (κ2) is 9.81. The van der Waals surface area contributed by atoms with Crippen molar-refractivity contribution in [3.63, 3.8) is 0 Å². The lowest BCUT2D eigenvalue weighted by Crippen LogP contribution is -2.55. The molecule has 2 bridgehead atoms. The smallest absolute Gasteiger partial charge is 0.411 e. The molecule has 3 aliphatic heterocycles. The van der Waals surface area contributed by atoms with Gasteiger partial charge in [0, 0.05) is 42.7 Å². The van der Waals surface area contributed by atoms with Crippen molar-refractivity contribution in [2.75, 3.05) is 19.1 Å². The highest BCUT2D eigenvalue weighted by Gasteiger charge is 2.60. The molecule has 0 unspecified atom stereocenters. The van der Waals surface area contributed by atoms with Gasteiger partial charge in [-0.25, -0.2) is 13.6 Å². The van der Waals surface area contributed by atoms with Gasteiger partial charge in [-0.1, -0.05) is 12.1 Å². The molecule has 5 heterocycles. The number of hydrogen-bond donors (Lipinski definition) is 0. The number of anilines is 1. The van der Waals surface area contributed by atoms with Crippen LogP contribution in [0.4, 0.5) is 19.4 Å². The third-order valence-corrected chi connectivity index (χ3v) is 8.06. The number of carbonyl (C=O) groups excluding carboxylic acids is 1. The van der Waals surface area contributed by atoms with Gasteiger partial charge in [0.2, 0.25) is 11.8 Å². The molecule has 3 aromatic rings. The van der Waals surface area contributed by atoms with Crippen molar-refractivity contribution in [3.05, 3.63) is 48.2 Å². The lowest BCUT2D eigenvalue weighted by Gasteiger charge is -2.42. The number of methoxy groups -OCH3 is 1. The molecule has 9 nitrogen and oxygen atoms in total. The van der Waals surface area contributed by atoms with E-state index < -0.39 is 29.7 Å². The third kappa shape index (κ3) is 5.02. The van der Waals surface area contributed by atoms with Crippen LogP contribution in [-0.4, -0.2) is 70.0 Å². The molecule has 3 atom stereocenters. The standard InChI is InChI=1S/C30H33F2N5O4/c1-29(2,3)41-28(38)37-21-12-20(13-24(37)30(31,32)14-21)36(4)25-9-8-23-22-7-6-17(10-19(22)16-40-27(23)34-25)18-11-26(39-5)35-33-15-18/h6-11,15,20-21,24H,12-14,16H2,1-5H3/t20-,21+,24-/m0/s1. The number of halogens is 2. The summed E-state index contributed by atoms with van der Waals surface area (Å²) < 4.78 is 46.7. The first kappa shape index (κ1) is 27.2. The largest absolute Gasteiger partial charge is 0.480 e. The second-order valence-corrected chi connectivity index (χ2v) is 11.9. The Morgan fingerprint density at radius 2 is 1.90 bits per heavy atom. The molecule has 11 heteroatoms. The highest BCUT2D eigenvalue weighted by molar-refractivity contribution is 5.78. The Bertz CT molecular complexity index is 1490. The van der Waals surface area contributed by atoms with Gasteiger partial charge in [0.1, 0.15) is 24.1 Å². The van der Waals surface area contributed by atoms with Crippen LogP contribution in [0.15, 0.2) is 42.6 Å². The highest BCUT2D eigenvalue weighted by Crippen LogP contribution is 2.48. The summed E-state index contributed by atoms with van der Waals surface area (Å²) >= 11 is 0. The van der Waals surface area contributed by atoms with Crippen molar-refractivity contribution in [1.82, 2.24) is 20.1 Å². The van der Waals surface area contributed by atoms with E-state index >= 15 is 8.78 Å². The Hall–Kier alpha value is -4.02. The summed E-state index contributed by atoms with van der Waals surface area (Å²) in [6.07, 6.45) is 1.18. The molecule has 3 aliphatic rings. The van der Waals surface area contributed by atoms with Crippen LogP contribution in [-0.2, 0) is 11.3 Å². The third-order valence-electron chi connectivity index (χ3n) is 8.06. The van der Waals surface area contributed by atoms with Gasteiger partial charge in [0.05, 0.1) is 13.3 Å². The van der Waals surface area contributed by atoms with E-state index in [-0.39, 0.29) is 18.9 Å². The van der Waals surface area contributed by atoms with Crippen LogP contribution in [0, 0.1) is 0 Å². The molecule has 0 spiro atoms. The first-order valence-electron chi connectivity index (χ1n) is 13.7. The maximum absolute atomic E-state index is 15.0. The quantitative estimate of drug-likeness (QED) is 0.397. The molecular weight excluding hydrogens is 532 g/mol. The molecule has 0 radical (unpaired) electrons. The van der Waals surface area contributed by atoms with Gasteiger partial charge in [-0.15, -0.1) is 5.10 Å². The summed E-state index contributed by atoms with van der Waals surface area (Å²) in [4.78, 5) is 20.8. The number of ether oxygens (including phenoxy) is 3. The van der Waals surface area contributed by atoms with Crippen molar-refractivity contribution in [2.24, 2.45) is 0 Å².